The molecule has 0 fully saturated rings. The van der Waals surface area contributed by atoms with Crippen molar-refractivity contribution >= 4 is 49.4 Å². The Morgan fingerprint density at radius 2 is 0.823 bits per heavy atom. The molecular weight excluding hydrogens is 747 g/mol. The summed E-state index contributed by atoms with van der Waals surface area (Å²) in [4.78, 5) is 2.57. The summed E-state index contributed by atoms with van der Waals surface area (Å²) in [5, 5.41) is 7.39. The number of nitrogens with zero attached hydrogens (tertiary/aromatic N) is 1. The Morgan fingerprint density at radius 1 is 0.274 bits per heavy atom. The van der Waals surface area contributed by atoms with Gasteiger partial charge in [-0.15, -0.1) is 0 Å². The first kappa shape index (κ1) is 35.9. The molecule has 0 saturated heterocycles. The van der Waals surface area contributed by atoms with Crippen LogP contribution in [0.15, 0.2) is 249 Å². The first-order valence-corrected chi connectivity index (χ1v) is 21.5. The third-order valence-electron chi connectivity index (χ3n) is 13.1. The van der Waals surface area contributed by atoms with E-state index in [0.29, 0.717) is 0 Å². The molecule has 0 bridgehead atoms. The lowest BCUT2D eigenvalue weighted by atomic mass is 9.68. The van der Waals surface area contributed by atoms with Gasteiger partial charge in [0.1, 0.15) is 0 Å². The molecule has 11 aromatic carbocycles. The van der Waals surface area contributed by atoms with E-state index in [1.54, 1.807) is 0 Å². The zero-order valence-electron chi connectivity index (χ0n) is 34.1. The smallest absolute Gasteiger partial charge is 0.0714 e. The van der Waals surface area contributed by atoms with Gasteiger partial charge in [-0.2, -0.15) is 0 Å². The monoisotopic (exact) mass is 787 g/mol. The highest BCUT2D eigenvalue weighted by Gasteiger charge is 2.47. The molecular formula is C61H41N. The van der Waals surface area contributed by atoms with Gasteiger partial charge in [0, 0.05) is 16.5 Å². The Balaban J connectivity index is 1.22. The average molecular weight is 788 g/mol. The van der Waals surface area contributed by atoms with Gasteiger partial charge in [-0.25, -0.2) is 0 Å². The second-order valence-electron chi connectivity index (χ2n) is 16.3. The zero-order chi connectivity index (χ0) is 41.0. The van der Waals surface area contributed by atoms with E-state index >= 15 is 0 Å². The van der Waals surface area contributed by atoms with Crippen LogP contribution in [0.25, 0.3) is 65.7 Å². The fourth-order valence-corrected chi connectivity index (χ4v) is 10.5. The second-order valence-corrected chi connectivity index (χ2v) is 16.3. The molecule has 0 radical (unpaired) electrons. The van der Waals surface area contributed by atoms with Crippen molar-refractivity contribution in [2.24, 2.45) is 0 Å². The molecule has 0 atom stereocenters. The molecule has 0 aromatic heterocycles. The molecule has 12 rings (SSSR count). The van der Waals surface area contributed by atoms with E-state index in [0.717, 1.165) is 22.6 Å². The highest BCUT2D eigenvalue weighted by Crippen LogP contribution is 2.60. The van der Waals surface area contributed by atoms with Crippen LogP contribution in [0, 0.1) is 0 Å². The van der Waals surface area contributed by atoms with Crippen molar-refractivity contribution in [3.63, 3.8) is 0 Å². The lowest BCUT2D eigenvalue weighted by Crippen LogP contribution is -2.28. The minimum atomic E-state index is -0.539. The lowest BCUT2D eigenvalue weighted by molar-refractivity contribution is 0.768. The van der Waals surface area contributed by atoms with E-state index in [1.165, 1.54) is 82.4 Å². The summed E-state index contributed by atoms with van der Waals surface area (Å²) in [6, 6.07) is 91.9. The van der Waals surface area contributed by atoms with Gasteiger partial charge in [-0.05, 0) is 95.7 Å². The highest BCUT2D eigenvalue weighted by atomic mass is 15.2. The normalized spacial score (nSPS) is 12.6. The molecule has 1 aliphatic rings. The maximum atomic E-state index is 2.57. The summed E-state index contributed by atoms with van der Waals surface area (Å²) in [5.74, 6) is 0. The third-order valence-corrected chi connectivity index (χ3v) is 13.1. The van der Waals surface area contributed by atoms with Crippen LogP contribution in [-0.4, -0.2) is 0 Å². The third kappa shape index (κ3) is 5.49. The van der Waals surface area contributed by atoms with Gasteiger partial charge < -0.3 is 4.90 Å². The number of fused-ring (bicyclic) bond motifs is 7. The standard InChI is InChI=1S/C61H41N/c1-4-20-42(21-5-1)50-39-38-45(54-40-44-23-11-12-29-48(44)51-31-14-15-32-52(51)54)41-59(50)62(57-36-18-24-43-22-10-13-30-49(43)57)58-37-19-35-56-60(58)53-33-16-17-34-55(53)61(56,46-25-6-2-7-26-46)47-27-8-3-9-28-47/h1-41H. The molecule has 1 nitrogen and oxygen atoms in total. The van der Waals surface area contributed by atoms with Crippen LogP contribution < -0.4 is 4.90 Å². The van der Waals surface area contributed by atoms with Gasteiger partial charge in [-0.3, -0.25) is 0 Å². The van der Waals surface area contributed by atoms with Crippen molar-refractivity contribution < 1.29 is 0 Å². The Kier molecular flexibility index (Phi) is 8.47. The van der Waals surface area contributed by atoms with Gasteiger partial charge in [0.2, 0.25) is 0 Å². The van der Waals surface area contributed by atoms with E-state index in [-0.39, 0.29) is 0 Å². The maximum absolute atomic E-state index is 2.57. The van der Waals surface area contributed by atoms with Crippen LogP contribution in [0.3, 0.4) is 0 Å². The van der Waals surface area contributed by atoms with Gasteiger partial charge in [0.25, 0.3) is 0 Å². The average Bonchev–Trinajstić information content (AvgIpc) is 3.66. The van der Waals surface area contributed by atoms with E-state index < -0.39 is 5.41 Å². The van der Waals surface area contributed by atoms with Crippen LogP contribution >= 0.6 is 0 Å². The van der Waals surface area contributed by atoms with Gasteiger partial charge in [0.15, 0.2) is 0 Å². The number of hydrogen-bond donors (Lipinski definition) is 0. The van der Waals surface area contributed by atoms with Crippen LogP contribution in [-0.2, 0) is 5.41 Å². The summed E-state index contributed by atoms with van der Waals surface area (Å²) >= 11 is 0. The van der Waals surface area contributed by atoms with E-state index in [9.17, 15) is 0 Å². The molecule has 1 heteroatoms. The number of rotatable bonds is 7. The molecule has 0 N–H and O–H groups in total. The van der Waals surface area contributed by atoms with Crippen molar-refractivity contribution in [2.75, 3.05) is 4.90 Å². The van der Waals surface area contributed by atoms with E-state index in [1.807, 2.05) is 0 Å². The SMILES string of the molecule is c1ccc(-c2ccc(-c3cc4ccccc4c4ccccc34)cc2N(c2cccc3c2-c2ccccc2C3(c2ccccc2)c2ccccc2)c2cccc3ccccc23)cc1. The Labute approximate surface area is 362 Å². The quantitative estimate of drug-likeness (QED) is 0.145. The largest absolute Gasteiger partial charge is 0.309 e. The molecule has 0 saturated carbocycles. The van der Waals surface area contributed by atoms with Gasteiger partial charge >= 0.3 is 0 Å². The molecule has 0 heterocycles. The first-order valence-electron chi connectivity index (χ1n) is 21.5. The number of hydrogen-bond acceptors (Lipinski definition) is 1. The summed E-state index contributed by atoms with van der Waals surface area (Å²) in [5.41, 5.74) is 15.1. The molecule has 11 aromatic rings. The fourth-order valence-electron chi connectivity index (χ4n) is 10.5. The van der Waals surface area contributed by atoms with Crippen molar-refractivity contribution in [1.29, 1.82) is 0 Å². The van der Waals surface area contributed by atoms with Crippen molar-refractivity contribution in [1.82, 2.24) is 0 Å². The highest BCUT2D eigenvalue weighted by molar-refractivity contribution is 6.14. The predicted molar refractivity (Wildman–Crippen MR) is 262 cm³/mol. The summed E-state index contributed by atoms with van der Waals surface area (Å²) < 4.78 is 0. The van der Waals surface area contributed by atoms with E-state index in [2.05, 4.69) is 254 Å². The topological polar surface area (TPSA) is 3.24 Å². The maximum Gasteiger partial charge on any atom is 0.0714 e. The second kappa shape index (κ2) is 14.6. The lowest BCUT2D eigenvalue weighted by Gasteiger charge is -2.35. The molecule has 290 valence electrons. The van der Waals surface area contributed by atoms with Crippen LogP contribution in [0.1, 0.15) is 22.3 Å². The van der Waals surface area contributed by atoms with Crippen molar-refractivity contribution in [2.45, 2.75) is 5.41 Å². The Bertz CT molecular complexity index is 3420. The van der Waals surface area contributed by atoms with Gasteiger partial charge in [0.05, 0.1) is 22.5 Å². The van der Waals surface area contributed by atoms with Crippen LogP contribution in [0.4, 0.5) is 17.1 Å². The minimum Gasteiger partial charge on any atom is -0.309 e. The van der Waals surface area contributed by atoms with E-state index in [4.69, 9.17) is 0 Å². The molecule has 1 aliphatic carbocycles. The fraction of sp³-hybridized carbons (Fsp3) is 0.0164. The van der Waals surface area contributed by atoms with Crippen LogP contribution in [0.5, 0.6) is 0 Å². The number of anilines is 3. The summed E-state index contributed by atoms with van der Waals surface area (Å²) in [7, 11) is 0. The van der Waals surface area contributed by atoms with Gasteiger partial charge in [-0.1, -0.05) is 224 Å². The molecule has 62 heavy (non-hydrogen) atoms. The minimum absolute atomic E-state index is 0.539. The summed E-state index contributed by atoms with van der Waals surface area (Å²) in [6.07, 6.45) is 0. The number of benzene rings is 11. The predicted octanol–water partition coefficient (Wildman–Crippen LogP) is 16.3. The molecule has 0 aliphatic heterocycles. The molecule has 0 unspecified atom stereocenters. The van der Waals surface area contributed by atoms with Crippen molar-refractivity contribution in [3.8, 4) is 33.4 Å². The zero-order valence-corrected chi connectivity index (χ0v) is 34.1. The first-order chi connectivity index (χ1) is 30.8. The van der Waals surface area contributed by atoms with Crippen LogP contribution in [0.2, 0.25) is 0 Å². The van der Waals surface area contributed by atoms with Crippen molar-refractivity contribution in [3.05, 3.63) is 271 Å². The Morgan fingerprint density at radius 3 is 1.58 bits per heavy atom. The molecule has 0 amide bonds. The summed E-state index contributed by atoms with van der Waals surface area (Å²) in [6.45, 7) is 0. The Hall–Kier alpha value is -8.00. The molecule has 0 spiro atoms.